The highest BCUT2D eigenvalue weighted by Gasteiger charge is 2.30. The number of thioether (sulfide) groups is 1. The fraction of sp³-hybridized carbons (Fsp3) is 0.333. The highest BCUT2D eigenvalue weighted by molar-refractivity contribution is 7.99. The van der Waals surface area contributed by atoms with Crippen molar-refractivity contribution in [1.29, 1.82) is 0 Å². The molecule has 0 aliphatic carbocycles. The van der Waals surface area contributed by atoms with Crippen molar-refractivity contribution in [3.05, 3.63) is 80.0 Å². The van der Waals surface area contributed by atoms with E-state index in [2.05, 4.69) is 23.6 Å². The number of furan rings is 1. The van der Waals surface area contributed by atoms with Crippen LogP contribution in [0.15, 0.2) is 56.7 Å². The maximum absolute atomic E-state index is 13.5. The molecule has 33 heavy (non-hydrogen) atoms. The maximum Gasteiger partial charge on any atom is 0.331 e. The second kappa shape index (κ2) is 8.59. The lowest BCUT2D eigenvalue weighted by Crippen LogP contribution is -2.38. The van der Waals surface area contributed by atoms with Gasteiger partial charge in [0.05, 0.1) is 35.1 Å². The van der Waals surface area contributed by atoms with Gasteiger partial charge in [-0.25, -0.2) is 4.79 Å². The molecule has 0 radical (unpaired) electrons. The van der Waals surface area contributed by atoms with Crippen LogP contribution < -0.4 is 11.2 Å². The molecule has 5 rings (SSSR count). The van der Waals surface area contributed by atoms with Crippen LogP contribution in [-0.4, -0.2) is 44.5 Å². The van der Waals surface area contributed by atoms with Gasteiger partial charge in [0, 0.05) is 42.8 Å². The summed E-state index contributed by atoms with van der Waals surface area (Å²) in [6.45, 7) is 1.98. The predicted octanol–water partition coefficient (Wildman–Crippen LogP) is 3.64. The van der Waals surface area contributed by atoms with E-state index >= 15 is 0 Å². The summed E-state index contributed by atoms with van der Waals surface area (Å²) in [7, 11) is 5.69. The molecule has 0 saturated heterocycles. The summed E-state index contributed by atoms with van der Waals surface area (Å²) in [4.78, 5) is 29.0. The van der Waals surface area contributed by atoms with Crippen LogP contribution in [0.2, 0.25) is 5.22 Å². The largest absolute Gasteiger partial charge is 0.453 e. The average Bonchev–Trinajstić information content (AvgIpc) is 3.35. The SMILES string of the molecule is CN(C)C[C@@H]1Cn2c(-c3ccccc3)c3c(=O)n(C)c(=O)n(Cc4coc(Cl)c4)c3c2CS1. The molecule has 0 saturated carbocycles. The van der Waals surface area contributed by atoms with Gasteiger partial charge in [-0.15, -0.1) is 11.8 Å². The van der Waals surface area contributed by atoms with E-state index in [0.29, 0.717) is 16.2 Å². The molecule has 0 fully saturated rings. The van der Waals surface area contributed by atoms with E-state index in [0.717, 1.165) is 41.4 Å². The Kier molecular flexibility index (Phi) is 5.76. The fourth-order valence-corrected chi connectivity index (χ4v) is 6.18. The Hall–Kier alpha value is -2.68. The van der Waals surface area contributed by atoms with E-state index in [4.69, 9.17) is 16.0 Å². The Bertz CT molecular complexity index is 1450. The minimum absolute atomic E-state index is 0.269. The number of aromatic nitrogens is 3. The summed E-state index contributed by atoms with van der Waals surface area (Å²) in [5, 5.41) is 1.23. The summed E-state index contributed by atoms with van der Waals surface area (Å²) in [6.07, 6.45) is 1.55. The zero-order valence-corrected chi connectivity index (χ0v) is 20.3. The molecule has 1 aliphatic heterocycles. The molecule has 1 aromatic carbocycles. The summed E-state index contributed by atoms with van der Waals surface area (Å²) < 4.78 is 10.4. The van der Waals surface area contributed by atoms with E-state index in [1.54, 1.807) is 16.9 Å². The smallest absolute Gasteiger partial charge is 0.331 e. The molecule has 0 amide bonds. The molecule has 1 aliphatic rings. The third-order valence-corrected chi connectivity index (χ3v) is 7.48. The molecule has 1 atom stereocenters. The first kappa shape index (κ1) is 22.1. The van der Waals surface area contributed by atoms with Crippen LogP contribution in [0.1, 0.15) is 11.3 Å². The monoisotopic (exact) mass is 484 g/mol. The van der Waals surface area contributed by atoms with Crippen molar-refractivity contribution in [2.75, 3.05) is 20.6 Å². The highest BCUT2D eigenvalue weighted by atomic mass is 35.5. The highest BCUT2D eigenvalue weighted by Crippen LogP contribution is 2.38. The van der Waals surface area contributed by atoms with Gasteiger partial charge in [0.15, 0.2) is 5.22 Å². The van der Waals surface area contributed by atoms with E-state index < -0.39 is 0 Å². The van der Waals surface area contributed by atoms with E-state index in [9.17, 15) is 9.59 Å². The van der Waals surface area contributed by atoms with Gasteiger partial charge in [-0.2, -0.15) is 0 Å². The van der Waals surface area contributed by atoms with Crippen LogP contribution in [-0.2, 0) is 25.9 Å². The first-order valence-corrected chi connectivity index (χ1v) is 12.2. The summed E-state index contributed by atoms with van der Waals surface area (Å²) >= 11 is 7.84. The molecule has 0 unspecified atom stereocenters. The Morgan fingerprint density at radius 3 is 2.64 bits per heavy atom. The van der Waals surface area contributed by atoms with Crippen molar-refractivity contribution in [2.45, 2.75) is 24.1 Å². The van der Waals surface area contributed by atoms with Crippen LogP contribution in [0.5, 0.6) is 0 Å². The number of benzene rings is 1. The lowest BCUT2D eigenvalue weighted by molar-refractivity contribution is 0.391. The van der Waals surface area contributed by atoms with E-state index in [-0.39, 0.29) is 23.0 Å². The molecule has 0 spiro atoms. The lowest BCUT2D eigenvalue weighted by Gasteiger charge is -2.28. The second-order valence-electron chi connectivity index (χ2n) is 8.68. The number of hydrogen-bond acceptors (Lipinski definition) is 5. The van der Waals surface area contributed by atoms with Crippen molar-refractivity contribution in [3.8, 4) is 11.3 Å². The molecule has 0 bridgehead atoms. The molecule has 172 valence electrons. The van der Waals surface area contributed by atoms with Crippen molar-refractivity contribution >= 4 is 34.3 Å². The Labute approximate surface area is 200 Å². The third-order valence-electron chi connectivity index (χ3n) is 6.07. The molecular weight excluding hydrogens is 460 g/mol. The van der Waals surface area contributed by atoms with E-state index in [1.807, 2.05) is 42.1 Å². The molecule has 4 heterocycles. The number of rotatable bonds is 5. The molecule has 3 aromatic heterocycles. The predicted molar refractivity (Wildman–Crippen MR) is 133 cm³/mol. The van der Waals surface area contributed by atoms with Gasteiger partial charge in [0.2, 0.25) is 0 Å². The van der Waals surface area contributed by atoms with Crippen LogP contribution in [0.4, 0.5) is 0 Å². The maximum atomic E-state index is 13.5. The summed E-state index contributed by atoms with van der Waals surface area (Å²) in [5.41, 5.74) is 3.72. The summed E-state index contributed by atoms with van der Waals surface area (Å²) in [6, 6.07) is 11.7. The van der Waals surface area contributed by atoms with Crippen molar-refractivity contribution < 1.29 is 4.42 Å². The number of nitrogens with zero attached hydrogens (tertiary/aromatic N) is 4. The number of hydrogen-bond donors (Lipinski definition) is 0. The van der Waals surface area contributed by atoms with Gasteiger partial charge in [0.1, 0.15) is 0 Å². The standard InChI is InChI=1S/C24H25ClN4O3S/c1-26(2)11-17-12-28-18(14-33-17)22-20(21(28)16-7-5-4-6-8-16)23(30)27(3)24(31)29(22)10-15-9-19(25)32-13-15/h4-9,13,17H,10-12,14H2,1-3H3/t17-/m1/s1. The van der Waals surface area contributed by atoms with Crippen LogP contribution in [0.25, 0.3) is 22.2 Å². The first-order valence-electron chi connectivity index (χ1n) is 10.7. The summed E-state index contributed by atoms with van der Waals surface area (Å²) in [5.74, 6) is 0.723. The van der Waals surface area contributed by atoms with Gasteiger partial charge in [-0.1, -0.05) is 30.3 Å². The molecule has 9 heteroatoms. The van der Waals surface area contributed by atoms with Crippen molar-refractivity contribution in [3.63, 3.8) is 0 Å². The van der Waals surface area contributed by atoms with Gasteiger partial charge in [-0.05, 0) is 31.3 Å². The zero-order chi connectivity index (χ0) is 23.3. The minimum Gasteiger partial charge on any atom is -0.453 e. The zero-order valence-electron chi connectivity index (χ0n) is 18.7. The van der Waals surface area contributed by atoms with E-state index in [1.165, 1.54) is 11.6 Å². The van der Waals surface area contributed by atoms with Crippen LogP contribution in [0.3, 0.4) is 0 Å². The Balaban J connectivity index is 1.83. The van der Waals surface area contributed by atoms with Crippen molar-refractivity contribution in [1.82, 2.24) is 18.6 Å². The number of halogens is 1. The molecule has 0 N–H and O–H groups in total. The quantitative estimate of drug-likeness (QED) is 0.432. The lowest BCUT2D eigenvalue weighted by atomic mass is 10.1. The third kappa shape index (κ3) is 3.86. The van der Waals surface area contributed by atoms with Gasteiger partial charge in [-0.3, -0.25) is 13.9 Å². The van der Waals surface area contributed by atoms with Gasteiger partial charge in [0.25, 0.3) is 5.56 Å². The van der Waals surface area contributed by atoms with Gasteiger partial charge >= 0.3 is 5.69 Å². The normalized spacial score (nSPS) is 16.0. The Morgan fingerprint density at radius 2 is 1.97 bits per heavy atom. The molecule has 7 nitrogen and oxygen atoms in total. The molecule has 4 aromatic rings. The average molecular weight is 485 g/mol. The van der Waals surface area contributed by atoms with Gasteiger partial charge < -0.3 is 13.9 Å². The molecular formula is C24H25ClN4O3S. The number of fused-ring (bicyclic) bond motifs is 3. The Morgan fingerprint density at radius 1 is 1.21 bits per heavy atom. The topological polar surface area (TPSA) is 65.3 Å². The van der Waals surface area contributed by atoms with Crippen LogP contribution in [0, 0.1) is 0 Å². The fourth-order valence-electron chi connectivity index (χ4n) is 4.65. The second-order valence-corrected chi connectivity index (χ2v) is 10.3. The van der Waals surface area contributed by atoms with Crippen molar-refractivity contribution in [2.24, 2.45) is 7.05 Å². The first-order chi connectivity index (χ1) is 15.8. The van der Waals surface area contributed by atoms with Crippen LogP contribution >= 0.6 is 23.4 Å². The minimum atomic E-state index is -0.349.